The van der Waals surface area contributed by atoms with E-state index < -0.39 is 0 Å². The Labute approximate surface area is 135 Å². The molecule has 1 aliphatic rings. The Hall–Kier alpha value is -1.55. The summed E-state index contributed by atoms with van der Waals surface area (Å²) >= 11 is 0. The molecule has 0 saturated heterocycles. The third kappa shape index (κ3) is 5.34. The fourth-order valence-corrected chi connectivity index (χ4v) is 2.22. The molecule has 0 bridgehead atoms. The standard InChI is InChI=1S/C18H30N4/c1-5-19-18(21-17-10-11-17)20-12-15-8-6-7-9-16(15)13-22(4)14(2)3/h6-9,14,17H,5,10-13H2,1-4H3,(H2,19,20,21). The van der Waals surface area contributed by atoms with Crippen LogP contribution in [0.1, 0.15) is 44.7 Å². The largest absolute Gasteiger partial charge is 0.357 e. The molecule has 0 spiro atoms. The molecule has 4 nitrogen and oxygen atoms in total. The summed E-state index contributed by atoms with van der Waals surface area (Å²) < 4.78 is 0. The van der Waals surface area contributed by atoms with Crippen LogP contribution in [0.15, 0.2) is 29.3 Å². The van der Waals surface area contributed by atoms with E-state index in [-0.39, 0.29) is 0 Å². The summed E-state index contributed by atoms with van der Waals surface area (Å²) in [5, 5.41) is 6.80. The monoisotopic (exact) mass is 302 g/mol. The van der Waals surface area contributed by atoms with Crippen LogP contribution in [0.25, 0.3) is 0 Å². The van der Waals surface area contributed by atoms with Crippen LogP contribution in [0.4, 0.5) is 0 Å². The second-order valence-electron chi connectivity index (χ2n) is 6.39. The highest BCUT2D eigenvalue weighted by Crippen LogP contribution is 2.18. The van der Waals surface area contributed by atoms with Gasteiger partial charge in [0.15, 0.2) is 5.96 Å². The lowest BCUT2D eigenvalue weighted by atomic mass is 10.1. The van der Waals surface area contributed by atoms with Crippen molar-refractivity contribution in [3.8, 4) is 0 Å². The molecule has 1 fully saturated rings. The van der Waals surface area contributed by atoms with Crippen molar-refractivity contribution in [1.82, 2.24) is 15.5 Å². The fraction of sp³-hybridized carbons (Fsp3) is 0.611. The van der Waals surface area contributed by atoms with E-state index in [1.54, 1.807) is 0 Å². The molecular formula is C18H30N4. The lowest BCUT2D eigenvalue weighted by Crippen LogP contribution is -2.38. The van der Waals surface area contributed by atoms with Crippen molar-refractivity contribution < 1.29 is 0 Å². The topological polar surface area (TPSA) is 39.7 Å². The molecular weight excluding hydrogens is 272 g/mol. The summed E-state index contributed by atoms with van der Waals surface area (Å²) in [5.74, 6) is 0.942. The Morgan fingerprint density at radius 2 is 1.95 bits per heavy atom. The number of nitrogens with one attached hydrogen (secondary N) is 2. The van der Waals surface area contributed by atoms with Crippen molar-refractivity contribution in [1.29, 1.82) is 0 Å². The van der Waals surface area contributed by atoms with E-state index in [4.69, 9.17) is 4.99 Å². The van der Waals surface area contributed by atoms with Crippen LogP contribution in [0.3, 0.4) is 0 Å². The predicted molar refractivity (Wildman–Crippen MR) is 94.0 cm³/mol. The highest BCUT2D eigenvalue weighted by atomic mass is 15.2. The van der Waals surface area contributed by atoms with Crippen LogP contribution in [0.5, 0.6) is 0 Å². The molecule has 0 amide bonds. The predicted octanol–water partition coefficient (Wildman–Crippen LogP) is 2.74. The first-order chi connectivity index (χ1) is 10.6. The van der Waals surface area contributed by atoms with Crippen LogP contribution in [0, 0.1) is 0 Å². The molecule has 0 heterocycles. The average molecular weight is 302 g/mol. The van der Waals surface area contributed by atoms with Gasteiger partial charge < -0.3 is 10.6 Å². The number of benzene rings is 1. The van der Waals surface area contributed by atoms with Crippen molar-refractivity contribution in [2.75, 3.05) is 13.6 Å². The zero-order valence-corrected chi connectivity index (χ0v) is 14.4. The molecule has 0 aliphatic heterocycles. The van der Waals surface area contributed by atoms with Gasteiger partial charge in [0.2, 0.25) is 0 Å². The third-order valence-corrected chi connectivity index (χ3v) is 4.09. The highest BCUT2D eigenvalue weighted by Gasteiger charge is 2.22. The van der Waals surface area contributed by atoms with E-state index in [0.717, 1.165) is 25.6 Å². The molecule has 0 aromatic heterocycles. The molecule has 1 aromatic carbocycles. The first-order valence-corrected chi connectivity index (χ1v) is 8.42. The molecule has 1 saturated carbocycles. The van der Waals surface area contributed by atoms with E-state index in [1.165, 1.54) is 24.0 Å². The zero-order valence-electron chi connectivity index (χ0n) is 14.4. The lowest BCUT2D eigenvalue weighted by Gasteiger charge is -2.22. The molecule has 1 aliphatic carbocycles. The highest BCUT2D eigenvalue weighted by molar-refractivity contribution is 5.80. The van der Waals surface area contributed by atoms with Crippen molar-refractivity contribution in [3.63, 3.8) is 0 Å². The third-order valence-electron chi connectivity index (χ3n) is 4.09. The van der Waals surface area contributed by atoms with Gasteiger partial charge >= 0.3 is 0 Å². The summed E-state index contributed by atoms with van der Waals surface area (Å²) in [7, 11) is 2.17. The van der Waals surface area contributed by atoms with E-state index >= 15 is 0 Å². The van der Waals surface area contributed by atoms with Gasteiger partial charge in [-0.15, -0.1) is 0 Å². The maximum atomic E-state index is 4.75. The second-order valence-corrected chi connectivity index (χ2v) is 6.39. The molecule has 122 valence electrons. The van der Waals surface area contributed by atoms with Gasteiger partial charge in [-0.3, -0.25) is 4.90 Å². The number of rotatable bonds is 7. The number of nitrogens with zero attached hydrogens (tertiary/aromatic N) is 2. The first-order valence-electron chi connectivity index (χ1n) is 8.42. The van der Waals surface area contributed by atoms with Crippen molar-refractivity contribution >= 4 is 5.96 Å². The van der Waals surface area contributed by atoms with Crippen LogP contribution < -0.4 is 10.6 Å². The van der Waals surface area contributed by atoms with Gasteiger partial charge in [0, 0.05) is 25.2 Å². The molecule has 0 radical (unpaired) electrons. The summed E-state index contributed by atoms with van der Waals surface area (Å²) in [6.45, 7) is 9.15. The lowest BCUT2D eigenvalue weighted by molar-refractivity contribution is 0.265. The van der Waals surface area contributed by atoms with Crippen LogP contribution in [-0.4, -0.2) is 36.5 Å². The minimum absolute atomic E-state index is 0.547. The Bertz CT molecular complexity index is 492. The van der Waals surface area contributed by atoms with Gasteiger partial charge in [0.1, 0.15) is 0 Å². The maximum absolute atomic E-state index is 4.75. The van der Waals surface area contributed by atoms with E-state index in [0.29, 0.717) is 12.1 Å². The first kappa shape index (κ1) is 16.8. The Morgan fingerprint density at radius 1 is 1.27 bits per heavy atom. The number of aliphatic imine (C=N–C) groups is 1. The zero-order chi connectivity index (χ0) is 15.9. The SMILES string of the molecule is CCNC(=NCc1ccccc1CN(C)C(C)C)NC1CC1. The number of guanidine groups is 1. The Morgan fingerprint density at radius 3 is 2.55 bits per heavy atom. The van der Waals surface area contributed by atoms with Gasteiger partial charge in [-0.1, -0.05) is 24.3 Å². The fourth-order valence-electron chi connectivity index (χ4n) is 2.22. The molecule has 1 aromatic rings. The van der Waals surface area contributed by atoms with Gasteiger partial charge in [0.25, 0.3) is 0 Å². The van der Waals surface area contributed by atoms with E-state index in [2.05, 4.69) is 67.6 Å². The molecule has 0 unspecified atom stereocenters. The Kier molecular flexibility index (Phi) is 6.25. The quantitative estimate of drug-likeness (QED) is 0.601. The van der Waals surface area contributed by atoms with Crippen molar-refractivity contribution in [3.05, 3.63) is 35.4 Å². The summed E-state index contributed by atoms with van der Waals surface area (Å²) in [4.78, 5) is 7.11. The number of hydrogen-bond donors (Lipinski definition) is 2. The normalized spacial score (nSPS) is 15.5. The van der Waals surface area contributed by atoms with Crippen molar-refractivity contribution in [2.24, 2.45) is 4.99 Å². The summed E-state index contributed by atoms with van der Waals surface area (Å²) in [6.07, 6.45) is 2.53. The van der Waals surface area contributed by atoms with Gasteiger partial charge in [-0.05, 0) is 51.8 Å². The molecule has 2 N–H and O–H groups in total. The minimum Gasteiger partial charge on any atom is -0.357 e. The minimum atomic E-state index is 0.547. The van der Waals surface area contributed by atoms with Crippen LogP contribution in [0.2, 0.25) is 0 Å². The van der Waals surface area contributed by atoms with Crippen LogP contribution in [-0.2, 0) is 13.1 Å². The van der Waals surface area contributed by atoms with Gasteiger partial charge in [0.05, 0.1) is 6.54 Å². The Balaban J connectivity index is 2.03. The summed E-state index contributed by atoms with van der Waals surface area (Å²) in [5.41, 5.74) is 2.67. The van der Waals surface area contributed by atoms with Gasteiger partial charge in [-0.25, -0.2) is 4.99 Å². The average Bonchev–Trinajstić information content (AvgIpc) is 3.30. The molecule has 22 heavy (non-hydrogen) atoms. The van der Waals surface area contributed by atoms with Crippen molar-refractivity contribution in [2.45, 2.75) is 58.8 Å². The molecule has 4 heteroatoms. The van der Waals surface area contributed by atoms with E-state index in [1.807, 2.05) is 0 Å². The second kappa shape index (κ2) is 8.18. The molecule has 0 atom stereocenters. The van der Waals surface area contributed by atoms with E-state index in [9.17, 15) is 0 Å². The number of hydrogen-bond acceptors (Lipinski definition) is 2. The summed E-state index contributed by atoms with van der Waals surface area (Å²) in [6, 6.07) is 9.79. The van der Waals surface area contributed by atoms with Gasteiger partial charge in [-0.2, -0.15) is 0 Å². The smallest absolute Gasteiger partial charge is 0.191 e. The molecule has 2 rings (SSSR count). The van der Waals surface area contributed by atoms with Crippen LogP contribution >= 0.6 is 0 Å². The maximum Gasteiger partial charge on any atom is 0.191 e.